The van der Waals surface area contributed by atoms with Crippen molar-refractivity contribution in [3.63, 3.8) is 0 Å². The lowest BCUT2D eigenvalue weighted by atomic mass is 9.92. The molecule has 0 saturated carbocycles. The Morgan fingerprint density at radius 2 is 1.94 bits per heavy atom. The third kappa shape index (κ3) is 4.30. The molecule has 0 heterocycles. The number of likely N-dealkylation sites (N-methyl/N-ethyl adjacent to an activating group) is 1. The van der Waals surface area contributed by atoms with Crippen LogP contribution in [0.4, 0.5) is 0 Å². The van der Waals surface area contributed by atoms with Crippen molar-refractivity contribution in [3.05, 3.63) is 35.9 Å². The minimum absolute atomic E-state index is 0.143. The summed E-state index contributed by atoms with van der Waals surface area (Å²) in [6.07, 6.45) is 2.47. The molecular formula is C15H25NOS. The van der Waals surface area contributed by atoms with Crippen LogP contribution in [-0.4, -0.2) is 29.8 Å². The van der Waals surface area contributed by atoms with Crippen LogP contribution in [0.2, 0.25) is 0 Å². The van der Waals surface area contributed by atoms with Gasteiger partial charge in [0.1, 0.15) is 0 Å². The Balaban J connectivity index is 2.74. The summed E-state index contributed by atoms with van der Waals surface area (Å²) in [7, 11) is 0. The molecule has 0 aliphatic heterocycles. The molecule has 2 nitrogen and oxygen atoms in total. The van der Waals surface area contributed by atoms with Crippen molar-refractivity contribution >= 4 is 11.8 Å². The van der Waals surface area contributed by atoms with Gasteiger partial charge in [-0.15, -0.1) is 0 Å². The third-order valence-corrected chi connectivity index (χ3v) is 4.38. The first kappa shape index (κ1) is 15.5. The Morgan fingerprint density at radius 1 is 1.22 bits per heavy atom. The molecule has 0 aromatic heterocycles. The molecule has 0 saturated heterocycles. The van der Waals surface area contributed by atoms with E-state index in [4.69, 9.17) is 0 Å². The van der Waals surface area contributed by atoms with Crippen LogP contribution in [-0.2, 0) is 5.54 Å². The standard InChI is InChI=1S/C15H25NOS/c1-3-5-11-18-13-15(12-17,16-4-2)14-9-7-6-8-10-14/h6-10,16-17H,3-5,11-13H2,1-2H3. The van der Waals surface area contributed by atoms with E-state index in [2.05, 4.69) is 31.3 Å². The monoisotopic (exact) mass is 267 g/mol. The Kier molecular flexibility index (Phi) is 7.40. The number of unbranched alkanes of at least 4 members (excludes halogenated alkanes) is 1. The summed E-state index contributed by atoms with van der Waals surface area (Å²) in [4.78, 5) is 0. The summed E-state index contributed by atoms with van der Waals surface area (Å²) >= 11 is 1.92. The molecule has 0 aliphatic carbocycles. The van der Waals surface area contributed by atoms with Crippen molar-refractivity contribution in [1.82, 2.24) is 5.32 Å². The number of aliphatic hydroxyl groups is 1. The number of nitrogens with one attached hydrogen (secondary N) is 1. The molecule has 1 rings (SSSR count). The SMILES string of the molecule is CCCCSCC(CO)(NCC)c1ccccc1. The quantitative estimate of drug-likeness (QED) is 0.675. The Morgan fingerprint density at radius 3 is 2.50 bits per heavy atom. The summed E-state index contributed by atoms with van der Waals surface area (Å²) in [6, 6.07) is 10.3. The molecule has 1 aromatic carbocycles. The van der Waals surface area contributed by atoms with E-state index in [1.54, 1.807) is 0 Å². The topological polar surface area (TPSA) is 32.3 Å². The van der Waals surface area contributed by atoms with E-state index < -0.39 is 0 Å². The number of hydrogen-bond acceptors (Lipinski definition) is 3. The number of benzene rings is 1. The van der Waals surface area contributed by atoms with Gasteiger partial charge >= 0.3 is 0 Å². The highest BCUT2D eigenvalue weighted by Crippen LogP contribution is 2.26. The van der Waals surface area contributed by atoms with Crippen LogP contribution in [0, 0.1) is 0 Å². The van der Waals surface area contributed by atoms with E-state index in [9.17, 15) is 5.11 Å². The van der Waals surface area contributed by atoms with Crippen LogP contribution in [0.5, 0.6) is 0 Å². The maximum Gasteiger partial charge on any atom is 0.0760 e. The Labute approximate surface area is 115 Å². The van der Waals surface area contributed by atoms with Gasteiger partial charge in [0.25, 0.3) is 0 Å². The fraction of sp³-hybridized carbons (Fsp3) is 0.600. The second-order valence-corrected chi connectivity index (χ2v) is 5.65. The lowest BCUT2D eigenvalue weighted by Crippen LogP contribution is -2.48. The first-order chi connectivity index (χ1) is 8.79. The summed E-state index contributed by atoms with van der Waals surface area (Å²) in [5.41, 5.74) is 0.882. The van der Waals surface area contributed by atoms with Gasteiger partial charge in [-0.3, -0.25) is 0 Å². The Hall–Kier alpha value is -0.510. The van der Waals surface area contributed by atoms with Crippen LogP contribution < -0.4 is 5.32 Å². The lowest BCUT2D eigenvalue weighted by Gasteiger charge is -2.33. The van der Waals surface area contributed by atoms with Crippen molar-refractivity contribution in [2.24, 2.45) is 0 Å². The zero-order chi connectivity index (χ0) is 13.3. The molecule has 1 atom stereocenters. The zero-order valence-electron chi connectivity index (χ0n) is 11.5. The minimum Gasteiger partial charge on any atom is -0.394 e. The van der Waals surface area contributed by atoms with Gasteiger partial charge in [-0.1, -0.05) is 50.6 Å². The predicted octanol–water partition coefficient (Wildman–Crippen LogP) is 3.02. The van der Waals surface area contributed by atoms with Gasteiger partial charge in [-0.2, -0.15) is 11.8 Å². The fourth-order valence-corrected chi connectivity index (χ4v) is 3.36. The average molecular weight is 267 g/mol. The van der Waals surface area contributed by atoms with Gasteiger partial charge < -0.3 is 10.4 Å². The summed E-state index contributed by atoms with van der Waals surface area (Å²) in [6.45, 7) is 5.30. The lowest BCUT2D eigenvalue weighted by molar-refractivity contribution is 0.181. The molecule has 0 bridgehead atoms. The van der Waals surface area contributed by atoms with Crippen LogP contribution >= 0.6 is 11.8 Å². The highest BCUT2D eigenvalue weighted by atomic mass is 32.2. The molecule has 2 N–H and O–H groups in total. The highest BCUT2D eigenvalue weighted by molar-refractivity contribution is 7.99. The van der Waals surface area contributed by atoms with Crippen molar-refractivity contribution in [1.29, 1.82) is 0 Å². The molecule has 0 amide bonds. The van der Waals surface area contributed by atoms with Crippen LogP contribution in [0.15, 0.2) is 30.3 Å². The van der Waals surface area contributed by atoms with Crippen molar-refractivity contribution in [3.8, 4) is 0 Å². The van der Waals surface area contributed by atoms with Crippen molar-refractivity contribution in [2.45, 2.75) is 32.2 Å². The zero-order valence-corrected chi connectivity index (χ0v) is 12.3. The normalized spacial score (nSPS) is 14.4. The molecule has 0 fully saturated rings. The second kappa shape index (κ2) is 8.57. The number of rotatable bonds is 9. The van der Waals surface area contributed by atoms with E-state index in [0.717, 1.165) is 18.1 Å². The average Bonchev–Trinajstić information content (AvgIpc) is 2.43. The molecule has 1 aromatic rings. The van der Waals surface area contributed by atoms with Gasteiger partial charge in [0.05, 0.1) is 12.1 Å². The van der Waals surface area contributed by atoms with Gasteiger partial charge in [0.2, 0.25) is 0 Å². The summed E-state index contributed by atoms with van der Waals surface area (Å²) in [5, 5.41) is 13.3. The van der Waals surface area contributed by atoms with Crippen LogP contribution in [0.3, 0.4) is 0 Å². The molecule has 102 valence electrons. The Bertz CT molecular complexity index is 318. The third-order valence-electron chi connectivity index (χ3n) is 3.10. The molecule has 0 aliphatic rings. The number of aliphatic hydroxyl groups excluding tert-OH is 1. The van der Waals surface area contributed by atoms with Crippen molar-refractivity contribution in [2.75, 3.05) is 24.7 Å². The van der Waals surface area contributed by atoms with Crippen molar-refractivity contribution < 1.29 is 5.11 Å². The van der Waals surface area contributed by atoms with E-state index >= 15 is 0 Å². The molecule has 3 heteroatoms. The number of thioether (sulfide) groups is 1. The van der Waals surface area contributed by atoms with Gasteiger partial charge in [-0.05, 0) is 24.3 Å². The van der Waals surface area contributed by atoms with Crippen LogP contribution in [0.25, 0.3) is 0 Å². The smallest absolute Gasteiger partial charge is 0.0760 e. The largest absolute Gasteiger partial charge is 0.394 e. The molecule has 1 unspecified atom stereocenters. The second-order valence-electron chi connectivity index (χ2n) is 4.54. The molecule has 18 heavy (non-hydrogen) atoms. The molecular weight excluding hydrogens is 242 g/mol. The van der Waals surface area contributed by atoms with E-state index in [0.29, 0.717) is 0 Å². The first-order valence-electron chi connectivity index (χ1n) is 6.78. The molecule has 0 spiro atoms. The van der Waals surface area contributed by atoms with Gasteiger partial charge in [0, 0.05) is 5.75 Å². The minimum atomic E-state index is -0.297. The van der Waals surface area contributed by atoms with Gasteiger partial charge in [0.15, 0.2) is 0 Å². The maximum atomic E-state index is 9.84. The maximum absolute atomic E-state index is 9.84. The van der Waals surface area contributed by atoms with Crippen LogP contribution in [0.1, 0.15) is 32.3 Å². The summed E-state index contributed by atoms with van der Waals surface area (Å²) < 4.78 is 0. The predicted molar refractivity (Wildman–Crippen MR) is 81.1 cm³/mol. The van der Waals surface area contributed by atoms with Gasteiger partial charge in [-0.25, -0.2) is 0 Å². The molecule has 0 radical (unpaired) electrons. The van der Waals surface area contributed by atoms with E-state index in [-0.39, 0.29) is 12.1 Å². The van der Waals surface area contributed by atoms with E-state index in [1.165, 1.54) is 18.4 Å². The number of hydrogen-bond donors (Lipinski definition) is 2. The highest BCUT2D eigenvalue weighted by Gasteiger charge is 2.30. The fourth-order valence-electron chi connectivity index (χ4n) is 2.02. The van der Waals surface area contributed by atoms with E-state index in [1.807, 2.05) is 30.0 Å². The summed E-state index contributed by atoms with van der Waals surface area (Å²) in [5.74, 6) is 2.08. The first-order valence-corrected chi connectivity index (χ1v) is 7.93.